The number of halogens is 1. The predicted octanol–water partition coefficient (Wildman–Crippen LogP) is 1.87. The van der Waals surface area contributed by atoms with Crippen LogP contribution in [0, 0.1) is 0 Å². The van der Waals surface area contributed by atoms with E-state index in [-0.39, 0.29) is 13.0 Å². The minimum Gasteiger partial charge on any atom is -0.481 e. The molecule has 0 atom stereocenters. The first kappa shape index (κ1) is 13.3. The summed E-state index contributed by atoms with van der Waals surface area (Å²) in [6.07, 6.45) is -0.183. The van der Waals surface area contributed by atoms with E-state index < -0.39 is 12.0 Å². The molecule has 0 aromatic heterocycles. The number of hydrogen-bond acceptors (Lipinski definition) is 3. The summed E-state index contributed by atoms with van der Waals surface area (Å²) in [5.41, 5.74) is 2.56. The zero-order valence-corrected chi connectivity index (χ0v) is 9.53. The van der Waals surface area contributed by atoms with Gasteiger partial charge >= 0.3 is 12.0 Å². The smallest absolute Gasteiger partial charge is 0.343 e. The maximum absolute atomic E-state index is 11.2. The molecule has 1 rings (SSSR count). The van der Waals surface area contributed by atoms with Crippen LogP contribution in [0.2, 0.25) is 5.02 Å². The molecule has 0 saturated carbocycles. The number of hydrogen-bond donors (Lipinski definition) is 3. The molecule has 0 aliphatic heterocycles. The summed E-state index contributed by atoms with van der Waals surface area (Å²) >= 11 is 5.72. The third kappa shape index (κ3) is 5.74. The molecule has 0 unspecified atom stereocenters. The van der Waals surface area contributed by atoms with Crippen LogP contribution in [0.3, 0.4) is 0 Å². The molecule has 0 spiro atoms. The van der Waals surface area contributed by atoms with Crippen LogP contribution in [-0.4, -0.2) is 23.7 Å². The Balaban J connectivity index is 2.27. The van der Waals surface area contributed by atoms with Crippen LogP contribution in [0.25, 0.3) is 0 Å². The van der Waals surface area contributed by atoms with Gasteiger partial charge in [0.1, 0.15) is 0 Å². The first-order valence-corrected chi connectivity index (χ1v) is 5.12. The third-order valence-corrected chi connectivity index (χ3v) is 1.90. The molecule has 0 aliphatic carbocycles. The van der Waals surface area contributed by atoms with Gasteiger partial charge in [-0.2, -0.15) is 0 Å². The van der Waals surface area contributed by atoms with Crippen molar-refractivity contribution in [1.29, 1.82) is 0 Å². The fraction of sp³-hybridized carbons (Fsp3) is 0.200. The number of carboxylic acids is 1. The van der Waals surface area contributed by atoms with Gasteiger partial charge in [-0.3, -0.25) is 9.63 Å². The van der Waals surface area contributed by atoms with E-state index in [1.54, 1.807) is 24.3 Å². The molecule has 92 valence electrons. The summed E-state index contributed by atoms with van der Waals surface area (Å²) in [4.78, 5) is 26.0. The molecule has 0 radical (unpaired) electrons. The van der Waals surface area contributed by atoms with Crippen molar-refractivity contribution in [3.8, 4) is 0 Å². The quantitative estimate of drug-likeness (QED) is 0.556. The van der Waals surface area contributed by atoms with Gasteiger partial charge in [0, 0.05) is 10.7 Å². The normalized spacial score (nSPS) is 9.71. The number of anilines is 1. The number of carbonyl (C=O) groups excluding carboxylic acids is 1. The Labute approximate surface area is 102 Å². The maximum atomic E-state index is 11.2. The molecule has 1 aromatic carbocycles. The summed E-state index contributed by atoms with van der Waals surface area (Å²) in [7, 11) is 0. The highest BCUT2D eigenvalue weighted by atomic mass is 35.5. The van der Waals surface area contributed by atoms with Crippen LogP contribution in [0.1, 0.15) is 6.42 Å². The molecule has 7 heteroatoms. The van der Waals surface area contributed by atoms with Crippen LogP contribution in [-0.2, 0) is 9.63 Å². The molecule has 0 saturated heterocycles. The van der Waals surface area contributed by atoms with Crippen molar-refractivity contribution in [3.63, 3.8) is 0 Å². The van der Waals surface area contributed by atoms with Gasteiger partial charge in [-0.05, 0) is 18.2 Å². The zero-order chi connectivity index (χ0) is 12.7. The number of rotatable bonds is 5. The second kappa shape index (κ2) is 6.72. The zero-order valence-electron chi connectivity index (χ0n) is 8.77. The second-order valence-electron chi connectivity index (χ2n) is 3.06. The van der Waals surface area contributed by atoms with Crippen LogP contribution in [0.15, 0.2) is 24.3 Å². The lowest BCUT2D eigenvalue weighted by Gasteiger charge is -2.07. The number of carbonyl (C=O) groups is 2. The average Bonchev–Trinajstić information content (AvgIpc) is 2.24. The van der Waals surface area contributed by atoms with Gasteiger partial charge in [0.25, 0.3) is 0 Å². The highest BCUT2D eigenvalue weighted by molar-refractivity contribution is 6.30. The van der Waals surface area contributed by atoms with Crippen LogP contribution in [0.4, 0.5) is 10.5 Å². The number of nitrogens with one attached hydrogen (secondary N) is 2. The van der Waals surface area contributed by atoms with Crippen molar-refractivity contribution in [2.24, 2.45) is 0 Å². The number of urea groups is 1. The second-order valence-corrected chi connectivity index (χ2v) is 3.50. The SMILES string of the molecule is O=C(O)CCONC(=O)Nc1cccc(Cl)c1. The molecule has 0 aliphatic rings. The number of amides is 2. The molecule has 6 nitrogen and oxygen atoms in total. The largest absolute Gasteiger partial charge is 0.481 e. The minimum absolute atomic E-state index is 0.0989. The van der Waals surface area contributed by atoms with Crippen molar-refractivity contribution in [2.75, 3.05) is 11.9 Å². The monoisotopic (exact) mass is 258 g/mol. The molecule has 17 heavy (non-hydrogen) atoms. The lowest BCUT2D eigenvalue weighted by molar-refractivity contribution is -0.138. The van der Waals surface area contributed by atoms with E-state index in [4.69, 9.17) is 16.7 Å². The molecular weight excluding hydrogens is 248 g/mol. The van der Waals surface area contributed by atoms with E-state index in [0.717, 1.165) is 0 Å². The van der Waals surface area contributed by atoms with Crippen molar-refractivity contribution in [2.45, 2.75) is 6.42 Å². The van der Waals surface area contributed by atoms with Crippen LogP contribution < -0.4 is 10.8 Å². The number of hydroxylamine groups is 1. The molecule has 3 N–H and O–H groups in total. The van der Waals surface area contributed by atoms with E-state index >= 15 is 0 Å². The van der Waals surface area contributed by atoms with Gasteiger partial charge in [-0.15, -0.1) is 0 Å². The predicted molar refractivity (Wildman–Crippen MR) is 61.8 cm³/mol. The van der Waals surface area contributed by atoms with Crippen molar-refractivity contribution >= 4 is 29.3 Å². The van der Waals surface area contributed by atoms with Crippen molar-refractivity contribution in [1.82, 2.24) is 5.48 Å². The molecule has 0 bridgehead atoms. The summed E-state index contributed by atoms with van der Waals surface area (Å²) in [5.74, 6) is -0.998. The summed E-state index contributed by atoms with van der Waals surface area (Å²) in [5, 5.41) is 11.3. The van der Waals surface area contributed by atoms with E-state index in [1.807, 2.05) is 5.48 Å². The number of aliphatic carboxylic acids is 1. The Kier molecular flexibility index (Phi) is 5.25. The standard InChI is InChI=1S/C10H11ClN2O4/c11-7-2-1-3-8(6-7)12-10(16)13-17-5-4-9(14)15/h1-3,6H,4-5H2,(H,14,15)(H2,12,13,16). The van der Waals surface area contributed by atoms with Crippen LogP contribution in [0.5, 0.6) is 0 Å². The fourth-order valence-electron chi connectivity index (χ4n) is 0.978. The van der Waals surface area contributed by atoms with Gasteiger partial charge in [-0.1, -0.05) is 17.7 Å². The van der Waals surface area contributed by atoms with Gasteiger partial charge in [0.15, 0.2) is 0 Å². The average molecular weight is 259 g/mol. The van der Waals surface area contributed by atoms with Gasteiger partial charge in [0.2, 0.25) is 0 Å². The number of carboxylic acid groups (broad SMARTS) is 1. The Hall–Kier alpha value is -1.79. The van der Waals surface area contributed by atoms with E-state index in [0.29, 0.717) is 10.7 Å². The van der Waals surface area contributed by atoms with Gasteiger partial charge in [0.05, 0.1) is 13.0 Å². The molecular formula is C10H11ClN2O4. The Morgan fingerprint density at radius 2 is 2.18 bits per heavy atom. The highest BCUT2D eigenvalue weighted by Crippen LogP contribution is 2.14. The lowest BCUT2D eigenvalue weighted by atomic mass is 10.3. The Morgan fingerprint density at radius 3 is 2.82 bits per heavy atom. The number of benzene rings is 1. The van der Waals surface area contributed by atoms with Crippen molar-refractivity contribution in [3.05, 3.63) is 29.3 Å². The summed E-state index contributed by atoms with van der Waals surface area (Å²) in [6.45, 7) is -0.0989. The Morgan fingerprint density at radius 1 is 1.41 bits per heavy atom. The first-order valence-electron chi connectivity index (χ1n) is 4.74. The van der Waals surface area contributed by atoms with Crippen molar-refractivity contribution < 1.29 is 19.5 Å². The minimum atomic E-state index is -0.998. The first-order chi connectivity index (χ1) is 8.08. The van der Waals surface area contributed by atoms with E-state index in [1.165, 1.54) is 0 Å². The molecule has 1 aromatic rings. The molecule has 2 amide bonds. The molecule has 0 heterocycles. The van der Waals surface area contributed by atoms with Gasteiger partial charge in [-0.25, -0.2) is 10.3 Å². The van der Waals surface area contributed by atoms with E-state index in [2.05, 4.69) is 10.2 Å². The Bertz CT molecular complexity index is 411. The lowest BCUT2D eigenvalue weighted by Crippen LogP contribution is -2.29. The summed E-state index contributed by atoms with van der Waals surface area (Å²) in [6, 6.07) is 5.98. The fourth-order valence-corrected chi connectivity index (χ4v) is 1.17. The molecule has 0 fully saturated rings. The van der Waals surface area contributed by atoms with Gasteiger partial charge < -0.3 is 10.4 Å². The maximum Gasteiger partial charge on any atom is 0.343 e. The summed E-state index contributed by atoms with van der Waals surface area (Å²) < 4.78 is 0. The van der Waals surface area contributed by atoms with Crippen LogP contribution >= 0.6 is 11.6 Å². The highest BCUT2D eigenvalue weighted by Gasteiger charge is 2.02. The third-order valence-electron chi connectivity index (χ3n) is 1.67. The van der Waals surface area contributed by atoms with E-state index in [9.17, 15) is 9.59 Å². The topological polar surface area (TPSA) is 87.7 Å².